The molecule has 1 aromatic carbocycles. The Morgan fingerprint density at radius 2 is 2.16 bits per heavy atom. The zero-order chi connectivity index (χ0) is 13.1. The van der Waals surface area contributed by atoms with Gasteiger partial charge < -0.3 is 10.2 Å². The molecule has 0 aromatic heterocycles. The van der Waals surface area contributed by atoms with Gasteiger partial charge in [0.15, 0.2) is 0 Å². The zero-order valence-electron chi connectivity index (χ0n) is 10.5. The van der Waals surface area contributed by atoms with Gasteiger partial charge in [-0.25, -0.2) is 0 Å². The SMILES string of the molecule is CC1CN(C(=O)c2ccccc2[N+](=O)[O-])CCN1.Cl. The highest BCUT2D eigenvalue weighted by atomic mass is 35.5. The molecule has 7 heteroatoms. The molecule has 1 heterocycles. The molecule has 6 nitrogen and oxygen atoms in total. The molecule has 1 fully saturated rings. The fourth-order valence-electron chi connectivity index (χ4n) is 2.10. The third-order valence-corrected chi connectivity index (χ3v) is 2.99. The Balaban J connectivity index is 0.00000180. The summed E-state index contributed by atoms with van der Waals surface area (Å²) in [7, 11) is 0. The lowest BCUT2D eigenvalue weighted by Gasteiger charge is -2.31. The Bertz CT molecular complexity index is 481. The molecule has 0 bridgehead atoms. The van der Waals surface area contributed by atoms with Crippen molar-refractivity contribution in [2.45, 2.75) is 13.0 Å². The van der Waals surface area contributed by atoms with Gasteiger partial charge in [-0.05, 0) is 13.0 Å². The van der Waals surface area contributed by atoms with Gasteiger partial charge in [0.25, 0.3) is 11.6 Å². The van der Waals surface area contributed by atoms with Gasteiger partial charge in [0.2, 0.25) is 0 Å². The fraction of sp³-hybridized carbons (Fsp3) is 0.417. The van der Waals surface area contributed by atoms with Crippen LogP contribution >= 0.6 is 12.4 Å². The summed E-state index contributed by atoms with van der Waals surface area (Å²) in [5.74, 6) is -0.268. The highest BCUT2D eigenvalue weighted by molar-refractivity contribution is 5.98. The van der Waals surface area contributed by atoms with E-state index in [1.807, 2.05) is 6.92 Å². The van der Waals surface area contributed by atoms with Crippen LogP contribution in [0.1, 0.15) is 17.3 Å². The van der Waals surface area contributed by atoms with E-state index in [4.69, 9.17) is 0 Å². The standard InChI is InChI=1S/C12H15N3O3.ClH/c1-9-8-14(7-6-13-9)12(16)10-4-2-3-5-11(10)15(17)18;/h2-5,9,13H,6-8H2,1H3;1H. The lowest BCUT2D eigenvalue weighted by molar-refractivity contribution is -0.385. The maximum atomic E-state index is 12.3. The Kier molecular flexibility index (Phi) is 5.26. The maximum absolute atomic E-state index is 12.3. The molecule has 1 aliphatic heterocycles. The number of hydrogen-bond acceptors (Lipinski definition) is 4. The van der Waals surface area contributed by atoms with Crippen LogP contribution in [0.5, 0.6) is 0 Å². The molecule has 19 heavy (non-hydrogen) atoms. The Morgan fingerprint density at radius 1 is 1.47 bits per heavy atom. The molecular formula is C12H16ClN3O3. The summed E-state index contributed by atoms with van der Waals surface area (Å²) >= 11 is 0. The van der Waals surface area contributed by atoms with Gasteiger partial charge in [0, 0.05) is 31.7 Å². The van der Waals surface area contributed by atoms with Crippen molar-refractivity contribution < 1.29 is 9.72 Å². The van der Waals surface area contributed by atoms with Crippen molar-refractivity contribution in [2.75, 3.05) is 19.6 Å². The average molecular weight is 286 g/mol. The first-order valence-corrected chi connectivity index (χ1v) is 5.85. The number of nitro benzene ring substituents is 1. The monoisotopic (exact) mass is 285 g/mol. The second kappa shape index (κ2) is 6.49. The van der Waals surface area contributed by atoms with Crippen LogP contribution < -0.4 is 5.32 Å². The van der Waals surface area contributed by atoms with Gasteiger partial charge in [-0.1, -0.05) is 12.1 Å². The van der Waals surface area contributed by atoms with E-state index in [2.05, 4.69) is 5.32 Å². The number of rotatable bonds is 2. The van der Waals surface area contributed by atoms with E-state index in [1.165, 1.54) is 12.1 Å². The molecular weight excluding hydrogens is 270 g/mol. The molecule has 0 aliphatic carbocycles. The number of hydrogen-bond donors (Lipinski definition) is 1. The molecule has 2 rings (SSSR count). The highest BCUT2D eigenvalue weighted by Gasteiger charge is 2.26. The van der Waals surface area contributed by atoms with Crippen molar-refractivity contribution in [1.29, 1.82) is 0 Å². The van der Waals surface area contributed by atoms with E-state index in [0.717, 1.165) is 0 Å². The van der Waals surface area contributed by atoms with Crippen molar-refractivity contribution >= 4 is 24.0 Å². The number of piperazine rings is 1. The largest absolute Gasteiger partial charge is 0.336 e. The number of benzene rings is 1. The number of amides is 1. The Labute approximate surface area is 117 Å². The third-order valence-electron chi connectivity index (χ3n) is 2.99. The van der Waals surface area contributed by atoms with E-state index in [-0.39, 0.29) is 35.6 Å². The van der Waals surface area contributed by atoms with Gasteiger partial charge >= 0.3 is 0 Å². The minimum absolute atomic E-state index is 0. The lowest BCUT2D eigenvalue weighted by atomic mass is 10.1. The van der Waals surface area contributed by atoms with Crippen molar-refractivity contribution in [2.24, 2.45) is 0 Å². The predicted octanol–water partition coefficient (Wildman–Crippen LogP) is 1.45. The van der Waals surface area contributed by atoms with Crippen LogP contribution in [0, 0.1) is 10.1 Å². The minimum Gasteiger partial charge on any atom is -0.336 e. The molecule has 1 amide bonds. The number of halogens is 1. The summed E-state index contributed by atoms with van der Waals surface area (Å²) in [6, 6.07) is 6.29. The number of carbonyl (C=O) groups excluding carboxylic acids is 1. The summed E-state index contributed by atoms with van der Waals surface area (Å²) in [4.78, 5) is 24.3. The number of nitrogens with one attached hydrogen (secondary N) is 1. The predicted molar refractivity (Wildman–Crippen MR) is 73.7 cm³/mol. The van der Waals surface area contributed by atoms with Gasteiger partial charge in [-0.2, -0.15) is 0 Å². The first-order chi connectivity index (χ1) is 8.59. The molecule has 1 saturated heterocycles. The van der Waals surface area contributed by atoms with Crippen molar-refractivity contribution in [3.05, 3.63) is 39.9 Å². The maximum Gasteiger partial charge on any atom is 0.282 e. The molecule has 1 atom stereocenters. The molecule has 0 spiro atoms. The van der Waals surface area contributed by atoms with Gasteiger partial charge in [-0.3, -0.25) is 14.9 Å². The Morgan fingerprint density at radius 3 is 2.79 bits per heavy atom. The van der Waals surface area contributed by atoms with Gasteiger partial charge in [-0.15, -0.1) is 12.4 Å². The molecule has 1 N–H and O–H groups in total. The van der Waals surface area contributed by atoms with Crippen molar-refractivity contribution in [3.8, 4) is 0 Å². The minimum atomic E-state index is -0.515. The quantitative estimate of drug-likeness (QED) is 0.659. The summed E-state index contributed by atoms with van der Waals surface area (Å²) in [5, 5.41) is 14.1. The molecule has 104 valence electrons. The van der Waals surface area contributed by atoms with Crippen LogP contribution in [0.2, 0.25) is 0 Å². The first-order valence-electron chi connectivity index (χ1n) is 5.85. The fourth-order valence-corrected chi connectivity index (χ4v) is 2.10. The third kappa shape index (κ3) is 3.42. The summed E-state index contributed by atoms with van der Waals surface area (Å²) < 4.78 is 0. The average Bonchev–Trinajstić information content (AvgIpc) is 2.38. The number of nitro groups is 1. The van der Waals surface area contributed by atoms with Crippen LogP contribution in [-0.2, 0) is 0 Å². The number of nitrogens with zero attached hydrogens (tertiary/aromatic N) is 2. The highest BCUT2D eigenvalue weighted by Crippen LogP contribution is 2.20. The van der Waals surface area contributed by atoms with Crippen molar-refractivity contribution in [1.82, 2.24) is 10.2 Å². The normalized spacial score (nSPS) is 18.6. The second-order valence-corrected chi connectivity index (χ2v) is 4.38. The van der Waals surface area contributed by atoms with Gasteiger partial charge in [0.05, 0.1) is 4.92 Å². The lowest BCUT2D eigenvalue weighted by Crippen LogP contribution is -2.51. The number of para-hydroxylation sites is 1. The van der Waals surface area contributed by atoms with Crippen LogP contribution in [0.3, 0.4) is 0 Å². The van der Waals surface area contributed by atoms with Crippen LogP contribution in [0.15, 0.2) is 24.3 Å². The topological polar surface area (TPSA) is 75.5 Å². The summed E-state index contributed by atoms with van der Waals surface area (Å²) in [6.45, 7) is 3.85. The summed E-state index contributed by atoms with van der Waals surface area (Å²) in [5.41, 5.74) is 0.0327. The zero-order valence-corrected chi connectivity index (χ0v) is 11.4. The molecule has 0 saturated carbocycles. The van der Waals surface area contributed by atoms with Gasteiger partial charge in [0.1, 0.15) is 5.56 Å². The molecule has 0 radical (unpaired) electrons. The van der Waals surface area contributed by atoms with E-state index in [9.17, 15) is 14.9 Å². The van der Waals surface area contributed by atoms with Crippen LogP contribution in [0.4, 0.5) is 5.69 Å². The molecule has 1 aliphatic rings. The van der Waals surface area contributed by atoms with Crippen molar-refractivity contribution in [3.63, 3.8) is 0 Å². The molecule has 1 aromatic rings. The van der Waals surface area contributed by atoms with Crippen LogP contribution in [0.25, 0.3) is 0 Å². The smallest absolute Gasteiger partial charge is 0.282 e. The first kappa shape index (κ1) is 15.4. The Hall–Kier alpha value is -1.66. The van der Waals surface area contributed by atoms with E-state index in [1.54, 1.807) is 17.0 Å². The molecule has 1 unspecified atom stereocenters. The second-order valence-electron chi connectivity index (χ2n) is 4.38. The van der Waals surface area contributed by atoms with E-state index in [0.29, 0.717) is 19.6 Å². The van der Waals surface area contributed by atoms with Crippen LogP contribution in [-0.4, -0.2) is 41.4 Å². The van der Waals surface area contributed by atoms with E-state index < -0.39 is 4.92 Å². The van der Waals surface area contributed by atoms with E-state index >= 15 is 0 Å². The number of carbonyl (C=O) groups is 1. The summed E-state index contributed by atoms with van der Waals surface area (Å²) in [6.07, 6.45) is 0.